The number of rotatable bonds is 11. The summed E-state index contributed by atoms with van der Waals surface area (Å²) in [6.07, 6.45) is 3.47. The van der Waals surface area contributed by atoms with E-state index in [1.807, 2.05) is 6.92 Å². The molecule has 1 unspecified atom stereocenters. The van der Waals surface area contributed by atoms with E-state index in [0.717, 1.165) is 16.4 Å². The van der Waals surface area contributed by atoms with Crippen LogP contribution in [0.25, 0.3) is 22.0 Å². The number of benzene rings is 3. The fraction of sp³-hybridized carbons (Fsp3) is 0.161. The van der Waals surface area contributed by atoms with E-state index in [2.05, 4.69) is 20.3 Å². The lowest BCUT2D eigenvalue weighted by Gasteiger charge is -2.23. The molecule has 0 saturated carbocycles. The van der Waals surface area contributed by atoms with Gasteiger partial charge in [-0.3, -0.25) is 9.35 Å². The maximum Gasteiger partial charge on any atom is 0.266 e. The topological polar surface area (TPSA) is 153 Å². The molecule has 14 heteroatoms. The number of aryl methyl sites for hydroxylation is 1. The molecule has 1 atom stereocenters. The molecule has 5 rings (SSSR count). The van der Waals surface area contributed by atoms with Crippen molar-refractivity contribution in [3.05, 3.63) is 90.5 Å². The molecule has 5 aromatic rings. The number of carbonyl (C=O) groups excluding carboxylic acids is 1. The summed E-state index contributed by atoms with van der Waals surface area (Å²) in [5.41, 5.74) is 8.74. The SMILES string of the molecule is COc1ncc(-c2cc(OCCCC(=O)Nc3ccccc3N)c3ncnc(C)c3c2)cc1N(c1ccc(F)cc1F)S(=O)O. The Morgan fingerprint density at radius 3 is 2.58 bits per heavy atom. The molecule has 0 saturated heterocycles. The Balaban J connectivity index is 1.45. The number of hydrogen-bond acceptors (Lipinski definition) is 8. The number of halogens is 2. The molecule has 11 nitrogen and oxygen atoms in total. The van der Waals surface area contributed by atoms with Crippen molar-refractivity contribution in [1.82, 2.24) is 15.0 Å². The molecule has 232 valence electrons. The van der Waals surface area contributed by atoms with Gasteiger partial charge >= 0.3 is 0 Å². The summed E-state index contributed by atoms with van der Waals surface area (Å²) in [6.45, 7) is 2.00. The molecule has 3 aromatic carbocycles. The number of carbonyl (C=O) groups is 1. The molecule has 4 N–H and O–H groups in total. The number of pyridine rings is 1. The second-order valence-electron chi connectivity index (χ2n) is 9.79. The van der Waals surface area contributed by atoms with Gasteiger partial charge < -0.3 is 20.5 Å². The number of nitrogens with zero attached hydrogens (tertiary/aromatic N) is 4. The Hall–Kier alpha value is -5.21. The first-order valence-corrected chi connectivity index (χ1v) is 14.7. The normalized spacial score (nSPS) is 11.7. The Bertz CT molecular complexity index is 1910. The van der Waals surface area contributed by atoms with Crippen LogP contribution in [0.3, 0.4) is 0 Å². The smallest absolute Gasteiger partial charge is 0.266 e. The Morgan fingerprint density at radius 1 is 1.04 bits per heavy atom. The van der Waals surface area contributed by atoms with Gasteiger partial charge in [0.05, 0.1) is 30.8 Å². The van der Waals surface area contributed by atoms with Gasteiger partial charge in [0.25, 0.3) is 11.3 Å². The minimum absolute atomic E-state index is 0.0463. The molecular weight excluding hydrogens is 606 g/mol. The average Bonchev–Trinajstić information content (AvgIpc) is 3.01. The van der Waals surface area contributed by atoms with Gasteiger partial charge in [0.2, 0.25) is 11.8 Å². The van der Waals surface area contributed by atoms with Gasteiger partial charge in [0.1, 0.15) is 29.1 Å². The van der Waals surface area contributed by atoms with Crippen LogP contribution in [-0.4, -0.2) is 43.3 Å². The highest BCUT2D eigenvalue weighted by Gasteiger charge is 2.25. The van der Waals surface area contributed by atoms with Crippen molar-refractivity contribution in [3.8, 4) is 22.8 Å². The van der Waals surface area contributed by atoms with Crippen molar-refractivity contribution in [2.24, 2.45) is 0 Å². The third-order valence-corrected chi connectivity index (χ3v) is 7.51. The molecule has 1 amide bonds. The molecule has 0 aliphatic carbocycles. The van der Waals surface area contributed by atoms with Crippen LogP contribution in [0.4, 0.5) is 31.5 Å². The number of anilines is 4. The number of para-hydroxylation sites is 2. The first kappa shape index (κ1) is 31.2. The minimum Gasteiger partial charge on any atom is -0.491 e. The van der Waals surface area contributed by atoms with Crippen LogP contribution in [0.2, 0.25) is 0 Å². The zero-order valence-electron chi connectivity index (χ0n) is 24.2. The van der Waals surface area contributed by atoms with Gasteiger partial charge in [-0.1, -0.05) is 12.1 Å². The Kier molecular flexibility index (Phi) is 9.45. The number of ether oxygens (including phenoxy) is 2. The van der Waals surface area contributed by atoms with E-state index in [1.54, 1.807) is 36.4 Å². The highest BCUT2D eigenvalue weighted by atomic mass is 32.2. The van der Waals surface area contributed by atoms with E-state index < -0.39 is 22.9 Å². The van der Waals surface area contributed by atoms with Gasteiger partial charge in [-0.25, -0.2) is 32.2 Å². The molecule has 0 aliphatic rings. The summed E-state index contributed by atoms with van der Waals surface area (Å²) in [7, 11) is 1.31. The van der Waals surface area contributed by atoms with Crippen LogP contribution >= 0.6 is 0 Å². The van der Waals surface area contributed by atoms with Crippen LogP contribution in [0.15, 0.2) is 73.2 Å². The fourth-order valence-corrected chi connectivity index (χ4v) is 5.24. The summed E-state index contributed by atoms with van der Waals surface area (Å²) < 4.78 is 63.1. The van der Waals surface area contributed by atoms with Crippen LogP contribution in [0.5, 0.6) is 11.6 Å². The number of nitrogens with two attached hydrogens (primary N) is 1. The van der Waals surface area contributed by atoms with Gasteiger partial charge in [-0.15, -0.1) is 0 Å². The minimum atomic E-state index is -2.79. The molecule has 0 fully saturated rings. The zero-order valence-corrected chi connectivity index (χ0v) is 25.0. The average molecular weight is 635 g/mol. The second kappa shape index (κ2) is 13.6. The van der Waals surface area contributed by atoms with Crippen molar-refractivity contribution in [1.29, 1.82) is 0 Å². The van der Waals surface area contributed by atoms with Crippen molar-refractivity contribution in [3.63, 3.8) is 0 Å². The number of methoxy groups -OCH3 is 1. The van der Waals surface area contributed by atoms with E-state index in [9.17, 15) is 22.3 Å². The third kappa shape index (κ3) is 6.97. The lowest BCUT2D eigenvalue weighted by molar-refractivity contribution is -0.116. The molecular formula is C31H28F2N6O5S. The molecule has 0 bridgehead atoms. The van der Waals surface area contributed by atoms with Crippen molar-refractivity contribution in [2.45, 2.75) is 19.8 Å². The highest BCUT2D eigenvalue weighted by molar-refractivity contribution is 7.81. The first-order valence-electron chi connectivity index (χ1n) is 13.6. The zero-order chi connectivity index (χ0) is 32.1. The number of nitrogen functional groups attached to an aromatic ring is 1. The molecule has 45 heavy (non-hydrogen) atoms. The molecule has 2 heterocycles. The molecule has 0 spiro atoms. The summed E-state index contributed by atoms with van der Waals surface area (Å²) in [5, 5.41) is 3.46. The third-order valence-electron chi connectivity index (χ3n) is 6.81. The summed E-state index contributed by atoms with van der Waals surface area (Å²) in [4.78, 5) is 25.4. The Morgan fingerprint density at radius 2 is 1.84 bits per heavy atom. The summed E-state index contributed by atoms with van der Waals surface area (Å²) >= 11 is -2.79. The predicted molar refractivity (Wildman–Crippen MR) is 168 cm³/mol. The number of fused-ring (bicyclic) bond motifs is 1. The standard InChI is InChI=1S/C31H28F2N6O5S/c1-18-22-12-19(20-13-27(31(43-2)35-16-20)39(45(41)42)26-10-9-21(32)15-23(26)33)14-28(30(22)37-17-36-18)44-11-5-8-29(40)38-25-7-4-3-6-24(25)34/h3-4,6-7,9-10,12-17H,5,8,11,34H2,1-2H3,(H,38,40)(H,41,42). The largest absolute Gasteiger partial charge is 0.491 e. The van der Waals surface area contributed by atoms with E-state index in [1.165, 1.54) is 25.7 Å². The van der Waals surface area contributed by atoms with Gasteiger partial charge in [0, 0.05) is 35.3 Å². The van der Waals surface area contributed by atoms with E-state index in [0.29, 0.717) is 57.3 Å². The highest BCUT2D eigenvalue weighted by Crippen LogP contribution is 2.39. The fourth-order valence-electron chi connectivity index (χ4n) is 4.62. The second-order valence-corrected chi connectivity index (χ2v) is 10.6. The van der Waals surface area contributed by atoms with Crippen LogP contribution < -0.4 is 24.8 Å². The van der Waals surface area contributed by atoms with Crippen LogP contribution in [0, 0.1) is 18.6 Å². The van der Waals surface area contributed by atoms with Crippen molar-refractivity contribution >= 4 is 50.8 Å². The van der Waals surface area contributed by atoms with E-state index >= 15 is 0 Å². The van der Waals surface area contributed by atoms with Crippen molar-refractivity contribution in [2.75, 3.05) is 29.1 Å². The lowest BCUT2D eigenvalue weighted by Crippen LogP contribution is -2.21. The summed E-state index contributed by atoms with van der Waals surface area (Å²) in [6, 6.07) is 14.6. The number of aromatic nitrogens is 3. The first-order chi connectivity index (χ1) is 21.7. The number of amides is 1. The Labute approximate surface area is 259 Å². The number of nitrogens with one attached hydrogen (secondary N) is 1. The predicted octanol–water partition coefficient (Wildman–Crippen LogP) is 5.94. The van der Waals surface area contributed by atoms with Gasteiger partial charge in [-0.2, -0.15) is 0 Å². The van der Waals surface area contributed by atoms with Gasteiger partial charge in [-0.05, 0) is 61.4 Å². The monoisotopic (exact) mass is 634 g/mol. The van der Waals surface area contributed by atoms with Crippen LogP contribution in [-0.2, 0) is 16.1 Å². The quantitative estimate of drug-likeness (QED) is 0.0910. The summed E-state index contributed by atoms with van der Waals surface area (Å²) in [5.74, 6) is -1.78. The number of hydrogen-bond donors (Lipinski definition) is 3. The lowest BCUT2D eigenvalue weighted by atomic mass is 10.0. The molecule has 0 aliphatic heterocycles. The maximum absolute atomic E-state index is 14.8. The van der Waals surface area contributed by atoms with Crippen LogP contribution in [0.1, 0.15) is 18.5 Å². The van der Waals surface area contributed by atoms with Crippen molar-refractivity contribution < 1.29 is 31.8 Å². The molecule has 0 radical (unpaired) electrons. The maximum atomic E-state index is 14.8. The van der Waals surface area contributed by atoms with E-state index in [4.69, 9.17) is 15.2 Å². The van der Waals surface area contributed by atoms with Gasteiger partial charge in [0.15, 0.2) is 5.82 Å². The van der Waals surface area contributed by atoms with E-state index in [-0.39, 0.29) is 36.2 Å². The molecule has 2 aromatic heterocycles.